The van der Waals surface area contributed by atoms with Gasteiger partial charge in [0.2, 0.25) is 0 Å². The van der Waals surface area contributed by atoms with E-state index in [4.69, 9.17) is 5.73 Å². The summed E-state index contributed by atoms with van der Waals surface area (Å²) in [6.45, 7) is 0. The van der Waals surface area contributed by atoms with Crippen molar-refractivity contribution in [3.05, 3.63) is 41.2 Å². The van der Waals surface area contributed by atoms with Crippen LogP contribution in [0.5, 0.6) is 0 Å². The Hall–Kier alpha value is -2.78. The number of hydrogen-bond donors (Lipinski definition) is 4. The summed E-state index contributed by atoms with van der Waals surface area (Å²) in [6.07, 6.45) is 5.89. The predicted octanol–water partition coefficient (Wildman–Crippen LogP) is 3.62. The van der Waals surface area contributed by atoms with Crippen LogP contribution in [0, 0.1) is 5.82 Å². The molecular formula is C20H23FN6OS. The Morgan fingerprint density at radius 3 is 2.83 bits per heavy atom. The van der Waals surface area contributed by atoms with E-state index in [0.29, 0.717) is 0 Å². The summed E-state index contributed by atoms with van der Waals surface area (Å²) in [5, 5.41) is 12.4. The molecule has 1 unspecified atom stereocenters. The van der Waals surface area contributed by atoms with E-state index in [1.165, 1.54) is 11.3 Å². The highest BCUT2D eigenvalue weighted by atomic mass is 32.1. The van der Waals surface area contributed by atoms with Crippen molar-refractivity contribution in [2.45, 2.75) is 37.8 Å². The van der Waals surface area contributed by atoms with Gasteiger partial charge < -0.3 is 21.7 Å². The van der Waals surface area contributed by atoms with Crippen LogP contribution in [0.25, 0.3) is 10.2 Å². The minimum absolute atomic E-state index is 0.00472. The summed E-state index contributed by atoms with van der Waals surface area (Å²) in [7, 11) is 1.91. The number of aromatic nitrogens is 2. The molecule has 1 amide bonds. The van der Waals surface area contributed by atoms with E-state index in [9.17, 15) is 9.18 Å². The van der Waals surface area contributed by atoms with Crippen LogP contribution in [0.3, 0.4) is 0 Å². The van der Waals surface area contributed by atoms with Crippen LogP contribution in [-0.2, 0) is 0 Å². The summed E-state index contributed by atoms with van der Waals surface area (Å²) in [6, 6.07) is 5.21. The Morgan fingerprint density at radius 1 is 1.28 bits per heavy atom. The molecule has 0 saturated heterocycles. The number of carbonyl (C=O) groups is 1. The Morgan fingerprint density at radius 2 is 2.07 bits per heavy atom. The SMILES string of the molecule is CNC1CCCC[C@H]1Nc1nc(Nc2csc3ncccc23)c(C(N)=O)cc1F. The van der Waals surface area contributed by atoms with E-state index in [1.807, 2.05) is 24.6 Å². The van der Waals surface area contributed by atoms with Gasteiger partial charge in [-0.2, -0.15) is 0 Å². The van der Waals surface area contributed by atoms with Crippen LogP contribution in [0.2, 0.25) is 0 Å². The smallest absolute Gasteiger partial charge is 0.252 e. The lowest BCUT2D eigenvalue weighted by molar-refractivity contribution is 0.100. The molecular weight excluding hydrogens is 391 g/mol. The predicted molar refractivity (Wildman–Crippen MR) is 114 cm³/mol. The average molecular weight is 415 g/mol. The lowest BCUT2D eigenvalue weighted by Crippen LogP contribution is -2.45. The first-order valence-electron chi connectivity index (χ1n) is 9.60. The topological polar surface area (TPSA) is 105 Å². The summed E-state index contributed by atoms with van der Waals surface area (Å²) >= 11 is 1.47. The summed E-state index contributed by atoms with van der Waals surface area (Å²) < 4.78 is 14.7. The standard InChI is InChI=1S/C20H23FN6OS/c1-23-14-6-2-3-7-15(14)25-19-13(21)9-12(17(22)28)18(27-19)26-16-10-29-20-11(16)5-4-8-24-20/h4-5,8-10,14-15,23H,2-3,6-7H2,1H3,(H2,22,28)(H2,25,26,27)/t14?,15-/m1/s1. The summed E-state index contributed by atoms with van der Waals surface area (Å²) in [5.41, 5.74) is 6.23. The first-order chi connectivity index (χ1) is 14.1. The number of thiophene rings is 1. The van der Waals surface area contributed by atoms with Gasteiger partial charge in [0.1, 0.15) is 10.6 Å². The molecule has 4 rings (SSSR count). The fourth-order valence-electron chi connectivity index (χ4n) is 3.79. The number of primary amides is 1. The van der Waals surface area contributed by atoms with Crippen molar-refractivity contribution in [3.8, 4) is 0 Å². The molecule has 3 aromatic heterocycles. The molecule has 9 heteroatoms. The van der Waals surface area contributed by atoms with E-state index in [1.54, 1.807) is 6.20 Å². The van der Waals surface area contributed by atoms with Gasteiger partial charge >= 0.3 is 0 Å². The summed E-state index contributed by atoms with van der Waals surface area (Å²) in [5.74, 6) is -1.00. The fourth-order valence-corrected chi connectivity index (χ4v) is 4.63. The third-order valence-electron chi connectivity index (χ3n) is 5.30. The minimum atomic E-state index is -0.742. The van der Waals surface area contributed by atoms with E-state index in [2.05, 4.69) is 25.9 Å². The highest BCUT2D eigenvalue weighted by molar-refractivity contribution is 7.17. The van der Waals surface area contributed by atoms with Gasteiger partial charge in [0, 0.05) is 29.0 Å². The van der Waals surface area contributed by atoms with Gasteiger partial charge in [0.25, 0.3) is 5.91 Å². The number of pyridine rings is 2. The number of nitrogens with one attached hydrogen (secondary N) is 3. The maximum absolute atomic E-state index is 14.7. The Labute approximate surface area is 171 Å². The molecule has 0 aliphatic heterocycles. The van der Waals surface area contributed by atoms with Gasteiger partial charge in [-0.05, 0) is 38.1 Å². The number of nitrogens with two attached hydrogens (primary N) is 1. The number of anilines is 3. The molecule has 1 saturated carbocycles. The Bertz CT molecular complexity index is 1040. The quantitative estimate of drug-likeness (QED) is 0.491. The van der Waals surface area contributed by atoms with E-state index in [0.717, 1.165) is 47.7 Å². The Kier molecular flexibility index (Phi) is 5.59. The van der Waals surface area contributed by atoms with Gasteiger partial charge in [-0.3, -0.25) is 4.79 Å². The average Bonchev–Trinajstić information content (AvgIpc) is 3.13. The molecule has 3 aromatic rings. The van der Waals surface area contributed by atoms with Crippen molar-refractivity contribution >= 4 is 44.8 Å². The second kappa shape index (κ2) is 8.30. The lowest BCUT2D eigenvalue weighted by Gasteiger charge is -2.32. The van der Waals surface area contributed by atoms with E-state index in [-0.39, 0.29) is 29.3 Å². The fraction of sp³-hybridized carbons (Fsp3) is 0.350. The molecule has 5 N–H and O–H groups in total. The first kappa shape index (κ1) is 19.5. The third-order valence-corrected chi connectivity index (χ3v) is 6.21. The molecule has 1 fully saturated rings. The number of fused-ring (bicyclic) bond motifs is 1. The molecule has 0 spiro atoms. The number of halogens is 1. The van der Waals surface area contributed by atoms with Crippen molar-refractivity contribution < 1.29 is 9.18 Å². The highest BCUT2D eigenvalue weighted by Gasteiger charge is 2.26. The maximum Gasteiger partial charge on any atom is 0.252 e. The highest BCUT2D eigenvalue weighted by Crippen LogP contribution is 2.32. The van der Waals surface area contributed by atoms with Crippen molar-refractivity contribution in [2.24, 2.45) is 5.73 Å². The molecule has 0 aromatic carbocycles. The monoisotopic (exact) mass is 414 g/mol. The van der Waals surface area contributed by atoms with Crippen LogP contribution in [0.4, 0.5) is 21.7 Å². The van der Waals surface area contributed by atoms with Gasteiger partial charge in [0.05, 0.1) is 11.3 Å². The molecule has 1 aliphatic rings. The largest absolute Gasteiger partial charge is 0.365 e. The van der Waals surface area contributed by atoms with Crippen molar-refractivity contribution in [3.63, 3.8) is 0 Å². The van der Waals surface area contributed by atoms with Gasteiger partial charge in [-0.25, -0.2) is 14.4 Å². The third kappa shape index (κ3) is 4.01. The summed E-state index contributed by atoms with van der Waals surface area (Å²) in [4.78, 5) is 21.5. The zero-order valence-electron chi connectivity index (χ0n) is 16.0. The minimum Gasteiger partial charge on any atom is -0.365 e. The van der Waals surface area contributed by atoms with Crippen LogP contribution in [0.1, 0.15) is 36.0 Å². The van der Waals surface area contributed by atoms with Crippen LogP contribution in [0.15, 0.2) is 29.8 Å². The van der Waals surface area contributed by atoms with Crippen molar-refractivity contribution in [1.82, 2.24) is 15.3 Å². The zero-order chi connectivity index (χ0) is 20.4. The lowest BCUT2D eigenvalue weighted by atomic mass is 9.90. The van der Waals surface area contributed by atoms with Crippen molar-refractivity contribution in [2.75, 3.05) is 17.7 Å². The van der Waals surface area contributed by atoms with Crippen LogP contribution in [-0.4, -0.2) is 35.0 Å². The van der Waals surface area contributed by atoms with Gasteiger partial charge in [-0.15, -0.1) is 11.3 Å². The molecule has 0 bridgehead atoms. The number of amides is 1. The molecule has 2 atom stereocenters. The Balaban J connectivity index is 1.68. The normalized spacial score (nSPS) is 19.2. The van der Waals surface area contributed by atoms with E-state index >= 15 is 0 Å². The molecule has 7 nitrogen and oxygen atoms in total. The number of hydrogen-bond acceptors (Lipinski definition) is 7. The van der Waals surface area contributed by atoms with Gasteiger partial charge in [-0.1, -0.05) is 12.8 Å². The number of carbonyl (C=O) groups excluding carboxylic acids is 1. The number of likely N-dealkylation sites (N-methyl/N-ethyl adjacent to an activating group) is 1. The maximum atomic E-state index is 14.7. The molecule has 152 valence electrons. The second-order valence-corrected chi connectivity index (χ2v) is 8.00. The molecule has 0 radical (unpaired) electrons. The van der Waals surface area contributed by atoms with Crippen LogP contribution < -0.4 is 21.7 Å². The zero-order valence-corrected chi connectivity index (χ0v) is 16.9. The van der Waals surface area contributed by atoms with Crippen molar-refractivity contribution in [1.29, 1.82) is 0 Å². The first-order valence-corrected chi connectivity index (χ1v) is 10.5. The van der Waals surface area contributed by atoms with Gasteiger partial charge in [0.15, 0.2) is 11.6 Å². The second-order valence-electron chi connectivity index (χ2n) is 7.14. The molecule has 1 aliphatic carbocycles. The number of nitrogens with zero attached hydrogens (tertiary/aromatic N) is 2. The molecule has 3 heterocycles. The van der Waals surface area contributed by atoms with Crippen LogP contribution >= 0.6 is 11.3 Å². The molecule has 29 heavy (non-hydrogen) atoms. The van der Waals surface area contributed by atoms with E-state index < -0.39 is 11.7 Å². The number of rotatable bonds is 6.